The Hall–Kier alpha value is -1.39. The molecule has 0 atom stereocenters. The van der Waals surface area contributed by atoms with Crippen LogP contribution >= 0.6 is 12.4 Å². The molecule has 2 rings (SSSR count). The lowest BCUT2D eigenvalue weighted by atomic mass is 10.1. The Balaban J connectivity index is 0.00000180. The second kappa shape index (κ2) is 8.67. The van der Waals surface area contributed by atoms with Crippen LogP contribution in [0, 0.1) is 0 Å². The summed E-state index contributed by atoms with van der Waals surface area (Å²) < 4.78 is 14.0. The van der Waals surface area contributed by atoms with Gasteiger partial charge in [0, 0.05) is 12.7 Å². The fraction of sp³-hybridized carbons (Fsp3) is 0.357. The lowest BCUT2D eigenvalue weighted by molar-refractivity contribution is 0.417. The average molecular weight is 284 g/mol. The van der Waals surface area contributed by atoms with E-state index in [9.17, 15) is 4.39 Å². The third kappa shape index (κ3) is 5.01. The van der Waals surface area contributed by atoms with Gasteiger partial charge in [0.25, 0.3) is 0 Å². The van der Waals surface area contributed by atoms with E-state index in [0.29, 0.717) is 6.54 Å². The highest BCUT2D eigenvalue weighted by atomic mass is 35.5. The molecule has 0 saturated carbocycles. The molecule has 0 aliphatic heterocycles. The Morgan fingerprint density at radius 1 is 1.16 bits per heavy atom. The first-order valence-corrected chi connectivity index (χ1v) is 6.21. The van der Waals surface area contributed by atoms with E-state index in [0.717, 1.165) is 25.2 Å². The molecule has 5 heteroatoms. The Morgan fingerprint density at radius 3 is 2.68 bits per heavy atom. The van der Waals surface area contributed by atoms with Crippen molar-refractivity contribution in [3.05, 3.63) is 53.9 Å². The molecular weight excluding hydrogens is 265 g/mol. The van der Waals surface area contributed by atoms with Gasteiger partial charge >= 0.3 is 0 Å². The second-order valence-corrected chi connectivity index (χ2v) is 4.15. The van der Waals surface area contributed by atoms with Crippen molar-refractivity contribution in [1.29, 1.82) is 0 Å². The summed E-state index contributed by atoms with van der Waals surface area (Å²) in [5, 5.41) is 7.43. The monoisotopic (exact) mass is 283 g/mol. The van der Waals surface area contributed by atoms with Crippen LogP contribution in [0.3, 0.4) is 0 Å². The van der Waals surface area contributed by atoms with Gasteiger partial charge in [-0.25, -0.2) is 4.39 Å². The summed E-state index contributed by atoms with van der Waals surface area (Å²) in [5.41, 5.74) is 2.35. The summed E-state index contributed by atoms with van der Waals surface area (Å²) in [4.78, 5) is 0. The molecule has 19 heavy (non-hydrogen) atoms. The van der Waals surface area contributed by atoms with Crippen molar-refractivity contribution in [3.63, 3.8) is 0 Å². The van der Waals surface area contributed by atoms with Crippen molar-refractivity contribution in [2.24, 2.45) is 0 Å². The zero-order chi connectivity index (χ0) is 12.6. The van der Waals surface area contributed by atoms with Crippen LogP contribution in [0.1, 0.15) is 11.3 Å². The van der Waals surface area contributed by atoms with E-state index < -0.39 is 0 Å². The number of halogens is 2. The largest absolute Gasteiger partial charge is 0.311 e. The highest BCUT2D eigenvalue weighted by molar-refractivity contribution is 5.85. The molecule has 0 aliphatic rings. The summed E-state index contributed by atoms with van der Waals surface area (Å²) >= 11 is 0. The van der Waals surface area contributed by atoms with E-state index in [4.69, 9.17) is 0 Å². The number of hydrogen-bond acceptors (Lipinski definition) is 2. The number of benzene rings is 1. The van der Waals surface area contributed by atoms with Gasteiger partial charge in [0.05, 0.1) is 12.2 Å². The standard InChI is InChI=1S/C14H18FN3.ClH/c15-8-11-18-14(7-10-17-18)12-16-9-6-13-4-2-1-3-5-13;/h1-5,7,10,16H,6,8-9,11-12H2;1H. The topological polar surface area (TPSA) is 29.9 Å². The van der Waals surface area contributed by atoms with E-state index in [2.05, 4.69) is 22.5 Å². The maximum absolute atomic E-state index is 12.3. The molecule has 0 aliphatic carbocycles. The first kappa shape index (κ1) is 15.7. The van der Waals surface area contributed by atoms with Crippen LogP contribution in [0.2, 0.25) is 0 Å². The molecule has 3 nitrogen and oxygen atoms in total. The number of aryl methyl sites for hydroxylation is 1. The third-order valence-corrected chi connectivity index (χ3v) is 2.84. The molecule has 0 radical (unpaired) electrons. The van der Waals surface area contributed by atoms with E-state index in [1.807, 2.05) is 24.3 Å². The highest BCUT2D eigenvalue weighted by Gasteiger charge is 2.01. The number of hydrogen-bond donors (Lipinski definition) is 1. The van der Waals surface area contributed by atoms with Crippen LogP contribution in [0.15, 0.2) is 42.6 Å². The highest BCUT2D eigenvalue weighted by Crippen LogP contribution is 2.00. The van der Waals surface area contributed by atoms with Crippen LogP contribution in [-0.4, -0.2) is 23.0 Å². The summed E-state index contributed by atoms with van der Waals surface area (Å²) in [6, 6.07) is 12.3. The Kier molecular flexibility index (Phi) is 7.15. The van der Waals surface area contributed by atoms with E-state index >= 15 is 0 Å². The minimum Gasteiger partial charge on any atom is -0.311 e. The molecule has 104 valence electrons. The number of nitrogens with zero attached hydrogens (tertiary/aromatic N) is 2. The number of nitrogens with one attached hydrogen (secondary N) is 1. The van der Waals surface area contributed by atoms with Crippen molar-refractivity contribution in [2.75, 3.05) is 13.2 Å². The lowest BCUT2D eigenvalue weighted by Gasteiger charge is -2.07. The molecule has 1 N–H and O–H groups in total. The zero-order valence-corrected chi connectivity index (χ0v) is 11.6. The minimum absolute atomic E-state index is 0. The first-order valence-electron chi connectivity index (χ1n) is 6.21. The third-order valence-electron chi connectivity index (χ3n) is 2.84. The number of alkyl halides is 1. The Labute approximate surface area is 119 Å². The van der Waals surface area contributed by atoms with Gasteiger partial charge < -0.3 is 5.32 Å². The quantitative estimate of drug-likeness (QED) is 0.792. The predicted octanol–water partition coefficient (Wildman–Crippen LogP) is 2.61. The number of rotatable bonds is 7. The Morgan fingerprint density at radius 2 is 1.95 bits per heavy atom. The molecule has 0 unspecified atom stereocenters. The van der Waals surface area contributed by atoms with Crippen molar-refractivity contribution in [1.82, 2.24) is 15.1 Å². The predicted molar refractivity (Wildman–Crippen MR) is 77.3 cm³/mol. The van der Waals surface area contributed by atoms with Gasteiger partial charge in [-0.3, -0.25) is 4.68 Å². The first-order chi connectivity index (χ1) is 8.90. The van der Waals surface area contributed by atoms with Gasteiger partial charge in [-0.15, -0.1) is 12.4 Å². The smallest absolute Gasteiger partial charge is 0.109 e. The molecule has 1 heterocycles. The van der Waals surface area contributed by atoms with Crippen LogP contribution < -0.4 is 5.32 Å². The summed E-state index contributed by atoms with van der Waals surface area (Å²) in [7, 11) is 0. The molecule has 0 spiro atoms. The SMILES string of the molecule is Cl.FCCn1nccc1CNCCc1ccccc1. The summed E-state index contributed by atoms with van der Waals surface area (Å²) in [6.07, 6.45) is 2.71. The van der Waals surface area contributed by atoms with Crippen LogP contribution in [-0.2, 0) is 19.5 Å². The molecule has 2 aromatic rings. The maximum atomic E-state index is 12.3. The number of aromatic nitrogens is 2. The van der Waals surface area contributed by atoms with Gasteiger partial charge in [-0.2, -0.15) is 5.10 Å². The van der Waals surface area contributed by atoms with E-state index in [1.54, 1.807) is 10.9 Å². The van der Waals surface area contributed by atoms with E-state index in [1.165, 1.54) is 5.56 Å². The average Bonchev–Trinajstić information content (AvgIpc) is 2.84. The van der Waals surface area contributed by atoms with Gasteiger partial charge in [0.15, 0.2) is 0 Å². The maximum Gasteiger partial charge on any atom is 0.109 e. The van der Waals surface area contributed by atoms with Crippen LogP contribution in [0.25, 0.3) is 0 Å². The molecule has 0 bridgehead atoms. The van der Waals surface area contributed by atoms with Gasteiger partial charge in [-0.05, 0) is 24.6 Å². The molecular formula is C14H19ClFN3. The fourth-order valence-corrected chi connectivity index (χ4v) is 1.89. The van der Waals surface area contributed by atoms with Crippen molar-refractivity contribution >= 4 is 12.4 Å². The van der Waals surface area contributed by atoms with E-state index in [-0.39, 0.29) is 19.1 Å². The molecule has 0 amide bonds. The molecule has 1 aromatic carbocycles. The van der Waals surface area contributed by atoms with Crippen molar-refractivity contribution in [3.8, 4) is 0 Å². The van der Waals surface area contributed by atoms with Gasteiger partial charge in [0.2, 0.25) is 0 Å². The van der Waals surface area contributed by atoms with Crippen molar-refractivity contribution in [2.45, 2.75) is 19.5 Å². The van der Waals surface area contributed by atoms with Crippen molar-refractivity contribution < 1.29 is 4.39 Å². The molecule has 0 saturated heterocycles. The van der Waals surface area contributed by atoms with Gasteiger partial charge in [0.1, 0.15) is 6.67 Å². The molecule has 1 aromatic heterocycles. The molecule has 0 fully saturated rings. The zero-order valence-electron chi connectivity index (χ0n) is 10.8. The lowest BCUT2D eigenvalue weighted by Crippen LogP contribution is -2.19. The summed E-state index contributed by atoms with van der Waals surface area (Å²) in [6.45, 7) is 1.60. The normalized spacial score (nSPS) is 10.2. The Bertz CT molecular complexity index is 459. The van der Waals surface area contributed by atoms with Gasteiger partial charge in [-0.1, -0.05) is 30.3 Å². The fourth-order valence-electron chi connectivity index (χ4n) is 1.89. The second-order valence-electron chi connectivity index (χ2n) is 4.15. The van der Waals surface area contributed by atoms with Crippen LogP contribution in [0.5, 0.6) is 0 Å². The summed E-state index contributed by atoms with van der Waals surface area (Å²) in [5.74, 6) is 0. The minimum atomic E-state index is -0.376. The van der Waals surface area contributed by atoms with Crippen LogP contribution in [0.4, 0.5) is 4.39 Å².